The van der Waals surface area contributed by atoms with Crippen LogP contribution in [0.3, 0.4) is 0 Å². The molecule has 246 valence electrons. The first-order valence-corrected chi connectivity index (χ1v) is 20.0. The van der Waals surface area contributed by atoms with Gasteiger partial charge in [0.25, 0.3) is 5.91 Å². The summed E-state index contributed by atoms with van der Waals surface area (Å²) < 4.78 is 0. The van der Waals surface area contributed by atoms with Crippen molar-refractivity contribution in [3.63, 3.8) is 0 Å². The summed E-state index contributed by atoms with van der Waals surface area (Å²) in [5.41, 5.74) is 0.306. The van der Waals surface area contributed by atoms with Crippen LogP contribution >= 0.6 is 46.6 Å². The van der Waals surface area contributed by atoms with Crippen LogP contribution in [0.5, 0.6) is 0 Å². The third-order valence-corrected chi connectivity index (χ3v) is 12.4. The molecule has 15 heteroatoms. The number of aliphatic imine (C=N–C) groups is 2. The van der Waals surface area contributed by atoms with Crippen molar-refractivity contribution < 1.29 is 19.2 Å². The Balaban J connectivity index is 1.48. The van der Waals surface area contributed by atoms with Gasteiger partial charge in [-0.15, -0.1) is 34.9 Å². The van der Waals surface area contributed by atoms with Crippen LogP contribution in [0.15, 0.2) is 15.4 Å². The molecule has 1 fully saturated rings. The van der Waals surface area contributed by atoms with E-state index in [2.05, 4.69) is 27.9 Å². The molecule has 11 nitrogen and oxygen atoms in total. The van der Waals surface area contributed by atoms with E-state index in [-0.39, 0.29) is 47.7 Å². The van der Waals surface area contributed by atoms with E-state index < -0.39 is 18.1 Å². The lowest BCUT2D eigenvalue weighted by atomic mass is 10.0. The second kappa shape index (κ2) is 15.7. The number of thioether (sulfide) groups is 3. The molecule has 45 heavy (non-hydrogen) atoms. The van der Waals surface area contributed by atoms with Crippen molar-refractivity contribution in [1.29, 1.82) is 0 Å². The van der Waals surface area contributed by atoms with E-state index in [9.17, 15) is 19.2 Å². The Labute approximate surface area is 281 Å². The molecule has 6 unspecified atom stereocenters. The van der Waals surface area contributed by atoms with Gasteiger partial charge < -0.3 is 20.9 Å². The fourth-order valence-corrected chi connectivity index (χ4v) is 9.55. The monoisotopic (exact) mass is 693 g/mol. The van der Waals surface area contributed by atoms with Gasteiger partial charge in [0.05, 0.1) is 28.2 Å². The van der Waals surface area contributed by atoms with E-state index >= 15 is 0 Å². The molecule has 3 N–H and O–H groups in total. The van der Waals surface area contributed by atoms with E-state index in [4.69, 9.17) is 9.98 Å². The van der Waals surface area contributed by atoms with Crippen LogP contribution in [0.25, 0.3) is 0 Å². The van der Waals surface area contributed by atoms with Gasteiger partial charge in [-0.25, -0.2) is 4.98 Å². The number of hydrogen-bond donors (Lipinski definition) is 3. The summed E-state index contributed by atoms with van der Waals surface area (Å²) in [5, 5.41) is 13.3. The first-order chi connectivity index (χ1) is 21.7. The van der Waals surface area contributed by atoms with Crippen molar-refractivity contribution in [1.82, 2.24) is 25.8 Å². The minimum Gasteiger partial charge on any atom is -0.345 e. The molecule has 0 aliphatic carbocycles. The Bertz CT molecular complexity index is 1330. The number of nitrogens with zero attached hydrogens (tertiary/aromatic N) is 4. The lowest BCUT2D eigenvalue weighted by Crippen LogP contribution is -2.55. The predicted octanol–water partition coefficient (Wildman–Crippen LogP) is 3.52. The minimum atomic E-state index is -0.701. The Morgan fingerprint density at radius 2 is 1.69 bits per heavy atom. The topological polar surface area (TPSA) is 145 Å². The quantitative estimate of drug-likeness (QED) is 0.394. The van der Waals surface area contributed by atoms with E-state index in [1.165, 1.54) is 34.9 Å². The lowest BCUT2D eigenvalue weighted by Gasteiger charge is -2.31. The van der Waals surface area contributed by atoms with E-state index in [1.807, 2.05) is 25.0 Å². The van der Waals surface area contributed by atoms with Gasteiger partial charge in [0.2, 0.25) is 17.7 Å². The number of hydrogen-bond acceptors (Lipinski definition) is 11. The van der Waals surface area contributed by atoms with E-state index in [1.54, 1.807) is 17.1 Å². The first kappa shape index (κ1) is 34.2. The highest BCUT2D eigenvalue weighted by atomic mass is 32.2. The summed E-state index contributed by atoms with van der Waals surface area (Å²) in [7, 11) is 0. The highest BCUT2D eigenvalue weighted by Crippen LogP contribution is 2.32. The third-order valence-electron chi connectivity index (χ3n) is 8.43. The Morgan fingerprint density at radius 1 is 0.978 bits per heavy atom. The summed E-state index contributed by atoms with van der Waals surface area (Å²) in [6.45, 7) is 6.55. The molecular formula is C30H43N7O4S4. The van der Waals surface area contributed by atoms with E-state index in [0.29, 0.717) is 46.6 Å². The average molecular weight is 694 g/mol. The molecule has 1 saturated heterocycles. The molecule has 6 bridgehead atoms. The van der Waals surface area contributed by atoms with Crippen molar-refractivity contribution in [2.75, 3.05) is 30.1 Å². The molecule has 0 saturated carbocycles. The number of carbonyl (C=O) groups is 4. The van der Waals surface area contributed by atoms with Crippen LogP contribution in [0.4, 0.5) is 0 Å². The molecule has 1 aromatic rings. The maximum atomic E-state index is 14.0. The van der Waals surface area contributed by atoms with Crippen LogP contribution in [0.1, 0.15) is 80.8 Å². The van der Waals surface area contributed by atoms with Gasteiger partial charge in [-0.05, 0) is 43.6 Å². The zero-order valence-corrected chi connectivity index (χ0v) is 29.5. The first-order valence-electron chi connectivity index (χ1n) is 15.8. The van der Waals surface area contributed by atoms with Crippen molar-refractivity contribution in [2.24, 2.45) is 15.9 Å². The van der Waals surface area contributed by atoms with Crippen LogP contribution < -0.4 is 16.0 Å². The highest BCUT2D eigenvalue weighted by molar-refractivity contribution is 8.14. The van der Waals surface area contributed by atoms with Crippen LogP contribution in [-0.2, 0) is 14.4 Å². The fraction of sp³-hybridized carbons (Fsp3) is 0.700. The SMILES string of the molecule is CCCCC1NC(=O)C2CSC(=N2)C2CCCN2C(=O)C(C(C)C)NC(=O)C2CSC(=N2)C(CCSC)NC(=O)c2csc1n2. The van der Waals surface area contributed by atoms with Gasteiger partial charge in [0.15, 0.2) is 0 Å². The summed E-state index contributed by atoms with van der Waals surface area (Å²) in [6.07, 6.45) is 6.86. The van der Waals surface area contributed by atoms with Gasteiger partial charge >= 0.3 is 0 Å². The molecule has 4 aliphatic heterocycles. The zero-order valence-electron chi connectivity index (χ0n) is 26.2. The van der Waals surface area contributed by atoms with Gasteiger partial charge in [-0.1, -0.05) is 33.6 Å². The standard InChI is InChI=1S/C30H43N7O4S4/c1-5-6-8-17-27-33-19(13-43-27)24(38)32-18(10-12-42-4)28-34-21(14-44-28)26(40)36-23(16(2)3)30(41)37-11-7-9-22(37)29-35-20(15-45-29)25(39)31-17/h13,16-18,20-23H,5-12,14-15H2,1-4H3,(H,31,39)(H,32,38)(H,36,40). The fourth-order valence-electron chi connectivity index (χ4n) is 5.87. The number of amides is 4. The average Bonchev–Trinajstić information content (AvgIpc) is 3.84. The summed E-state index contributed by atoms with van der Waals surface area (Å²) in [4.78, 5) is 70.5. The van der Waals surface area contributed by atoms with Crippen LogP contribution in [0.2, 0.25) is 0 Å². The van der Waals surface area contributed by atoms with Crippen LogP contribution in [0, 0.1) is 5.92 Å². The van der Waals surface area contributed by atoms with Gasteiger partial charge in [0, 0.05) is 23.4 Å². The number of aromatic nitrogens is 1. The van der Waals surface area contributed by atoms with E-state index in [0.717, 1.165) is 36.5 Å². The number of carbonyl (C=O) groups excluding carboxylic acids is 4. The van der Waals surface area contributed by atoms with Crippen molar-refractivity contribution in [3.05, 3.63) is 16.1 Å². The van der Waals surface area contributed by atoms with Gasteiger partial charge in [-0.3, -0.25) is 29.2 Å². The lowest BCUT2D eigenvalue weighted by molar-refractivity contribution is -0.137. The largest absolute Gasteiger partial charge is 0.345 e. The number of nitrogens with one attached hydrogen (secondary N) is 3. The number of unbranched alkanes of at least 4 members (excludes halogenated alkanes) is 1. The zero-order chi connectivity index (χ0) is 32.1. The number of thiazole rings is 1. The summed E-state index contributed by atoms with van der Waals surface area (Å²) >= 11 is 6.06. The smallest absolute Gasteiger partial charge is 0.271 e. The second-order valence-electron chi connectivity index (χ2n) is 12.1. The van der Waals surface area contributed by atoms with Crippen molar-refractivity contribution >= 4 is 80.3 Å². The molecule has 6 atom stereocenters. The molecule has 4 amide bonds. The molecule has 0 spiro atoms. The maximum absolute atomic E-state index is 14.0. The molecule has 1 aromatic heterocycles. The molecule has 5 heterocycles. The summed E-state index contributed by atoms with van der Waals surface area (Å²) in [6, 6.07) is -2.79. The molecule has 0 aromatic carbocycles. The number of rotatable bonds is 7. The predicted molar refractivity (Wildman–Crippen MR) is 186 cm³/mol. The van der Waals surface area contributed by atoms with Gasteiger partial charge in [-0.2, -0.15) is 11.8 Å². The summed E-state index contributed by atoms with van der Waals surface area (Å²) in [5.74, 6) is 0.749. The molecule has 5 rings (SSSR count). The molecule has 4 aliphatic rings. The second-order valence-corrected chi connectivity index (χ2v) is 16.0. The minimum absolute atomic E-state index is 0.123. The third kappa shape index (κ3) is 8.07. The molecule has 0 radical (unpaired) electrons. The van der Waals surface area contributed by atoms with Crippen molar-refractivity contribution in [3.8, 4) is 0 Å². The number of fused-ring (bicyclic) bond motifs is 6. The highest BCUT2D eigenvalue weighted by Gasteiger charge is 2.41. The Morgan fingerprint density at radius 3 is 2.40 bits per heavy atom. The van der Waals surface area contributed by atoms with Crippen molar-refractivity contribution in [2.45, 2.75) is 95.5 Å². The Kier molecular flexibility index (Phi) is 11.9. The van der Waals surface area contributed by atoms with Crippen LogP contribution in [-0.4, -0.2) is 104 Å². The molecular weight excluding hydrogens is 651 g/mol. The maximum Gasteiger partial charge on any atom is 0.271 e. The normalized spacial score (nSPS) is 29.5. The van der Waals surface area contributed by atoms with Gasteiger partial charge in [0.1, 0.15) is 28.8 Å². The Hall–Kier alpha value is -2.10.